The molecule has 0 amide bonds. The smallest absolute Gasteiger partial charge is 0.344 e. The van der Waals surface area contributed by atoms with Crippen LogP contribution in [0.4, 0.5) is 0 Å². The van der Waals surface area contributed by atoms with E-state index in [1.54, 1.807) is 6.07 Å². The Labute approximate surface area is 99.4 Å². The second kappa shape index (κ2) is 5.32. The van der Waals surface area contributed by atoms with Gasteiger partial charge in [0.15, 0.2) is 6.10 Å². The number of carboxylic acid groups (broad SMARTS) is 1. The number of carboxylic acids is 1. The molecular weight excluding hydrogens is 218 g/mol. The molecule has 0 saturated heterocycles. The van der Waals surface area contributed by atoms with E-state index >= 15 is 0 Å². The molecule has 0 heterocycles. The molecule has 0 radical (unpaired) electrons. The molecule has 0 unspecified atom stereocenters. The van der Waals surface area contributed by atoms with Crippen LogP contribution in [0.2, 0.25) is 0 Å². The van der Waals surface area contributed by atoms with Gasteiger partial charge in [0.25, 0.3) is 0 Å². The average molecular weight is 234 g/mol. The summed E-state index contributed by atoms with van der Waals surface area (Å²) in [5, 5.41) is 10.9. The van der Waals surface area contributed by atoms with E-state index in [-0.39, 0.29) is 6.15 Å². The summed E-state index contributed by atoms with van der Waals surface area (Å²) in [6, 6.07) is 13.4. The number of ether oxygens (including phenoxy) is 1. The fourth-order valence-electron chi connectivity index (χ4n) is 1.50. The van der Waals surface area contributed by atoms with E-state index < -0.39 is 12.1 Å². The lowest BCUT2D eigenvalue weighted by atomic mass is 10.1. The first-order chi connectivity index (χ1) is 7.66. The van der Waals surface area contributed by atoms with Gasteiger partial charge in [-0.3, -0.25) is 0 Å². The minimum atomic E-state index is -0.965. The lowest BCUT2D eigenvalue weighted by molar-refractivity contribution is -0.144. The fraction of sp³-hybridized carbons (Fsp3) is 0.154. The molecule has 5 N–H and O–H groups in total. The lowest BCUT2D eigenvalue weighted by Crippen LogP contribution is -2.22. The van der Waals surface area contributed by atoms with Crippen LogP contribution in [0.15, 0.2) is 42.5 Å². The van der Waals surface area contributed by atoms with E-state index in [1.807, 2.05) is 36.4 Å². The molecule has 2 aromatic rings. The van der Waals surface area contributed by atoms with Crippen molar-refractivity contribution >= 4 is 16.7 Å². The molecule has 0 aliphatic heterocycles. The van der Waals surface area contributed by atoms with E-state index in [1.165, 1.54) is 6.92 Å². The molecule has 1 atom stereocenters. The van der Waals surface area contributed by atoms with Gasteiger partial charge in [-0.25, -0.2) is 4.79 Å². The maximum Gasteiger partial charge on any atom is 0.344 e. The Morgan fingerprint density at radius 2 is 1.82 bits per heavy atom. The van der Waals surface area contributed by atoms with Crippen molar-refractivity contribution in [2.75, 3.05) is 0 Å². The highest BCUT2D eigenvalue weighted by Crippen LogP contribution is 2.21. The van der Waals surface area contributed by atoms with Gasteiger partial charge in [0.05, 0.1) is 0 Å². The van der Waals surface area contributed by atoms with Crippen molar-refractivity contribution in [3.63, 3.8) is 0 Å². The largest absolute Gasteiger partial charge is 0.479 e. The summed E-state index contributed by atoms with van der Waals surface area (Å²) in [5.74, 6) is -0.387. The molecule has 2 aromatic carbocycles. The van der Waals surface area contributed by atoms with Crippen molar-refractivity contribution in [3.05, 3.63) is 42.5 Å². The molecule has 0 aliphatic carbocycles. The van der Waals surface area contributed by atoms with Crippen LogP contribution in [0.3, 0.4) is 0 Å². The third-order valence-corrected chi connectivity index (χ3v) is 2.38. The summed E-state index contributed by atoms with van der Waals surface area (Å²) in [4.78, 5) is 10.6. The highest BCUT2D eigenvalue weighted by Gasteiger charge is 2.12. The first-order valence-electron chi connectivity index (χ1n) is 5.05. The Hall–Kier alpha value is -2.07. The number of quaternary nitrogens is 1. The van der Waals surface area contributed by atoms with Crippen LogP contribution in [-0.4, -0.2) is 17.2 Å². The van der Waals surface area contributed by atoms with E-state index in [4.69, 9.17) is 9.84 Å². The topological polar surface area (TPSA) is 83.0 Å². The summed E-state index contributed by atoms with van der Waals surface area (Å²) in [6.07, 6.45) is -0.832. The van der Waals surface area contributed by atoms with Gasteiger partial charge in [-0.2, -0.15) is 0 Å². The van der Waals surface area contributed by atoms with Gasteiger partial charge >= 0.3 is 5.97 Å². The van der Waals surface area contributed by atoms with Crippen molar-refractivity contribution in [3.8, 4) is 5.75 Å². The Balaban J connectivity index is 0.00000144. The highest BCUT2D eigenvalue weighted by molar-refractivity contribution is 5.83. The van der Waals surface area contributed by atoms with E-state index in [0.29, 0.717) is 5.75 Å². The van der Waals surface area contributed by atoms with E-state index in [9.17, 15) is 4.79 Å². The quantitative estimate of drug-likeness (QED) is 0.856. The number of benzene rings is 2. The van der Waals surface area contributed by atoms with Crippen molar-refractivity contribution in [2.24, 2.45) is 0 Å². The van der Waals surface area contributed by atoms with Crippen molar-refractivity contribution in [1.29, 1.82) is 0 Å². The molecule has 0 saturated carbocycles. The number of hydrogen-bond donors (Lipinski definition) is 2. The van der Waals surface area contributed by atoms with Crippen LogP contribution in [0.1, 0.15) is 6.92 Å². The molecule has 0 bridgehead atoms. The molecule has 2 rings (SSSR count). The molecule has 0 aliphatic rings. The molecule has 4 heteroatoms. The zero-order chi connectivity index (χ0) is 11.5. The summed E-state index contributed by atoms with van der Waals surface area (Å²) < 4.78 is 5.28. The Morgan fingerprint density at radius 1 is 1.18 bits per heavy atom. The maximum atomic E-state index is 10.6. The molecule has 90 valence electrons. The molecule has 0 fully saturated rings. The Morgan fingerprint density at radius 3 is 2.47 bits per heavy atom. The van der Waals surface area contributed by atoms with Gasteiger partial charge < -0.3 is 16.0 Å². The lowest BCUT2D eigenvalue weighted by Gasteiger charge is -2.10. The molecule has 17 heavy (non-hydrogen) atoms. The molecule has 4 nitrogen and oxygen atoms in total. The standard InChI is InChI=1S/C13H12O3.H3N/c1-9(13(14)15)16-12-7-6-10-4-2-3-5-11(10)8-12;/h2-9H,1H3,(H,14,15);1H3/p+1/t9-;/m1./s1. The SMILES string of the molecule is C[C@@H](Oc1ccc2ccccc2c1)C(=O)O.[NH4+]. The first kappa shape index (κ1) is 13.0. The number of hydrogen-bond acceptors (Lipinski definition) is 2. The Bertz CT molecular complexity index is 525. The second-order valence-electron chi connectivity index (χ2n) is 3.61. The van der Waals surface area contributed by atoms with Crippen LogP contribution in [-0.2, 0) is 4.79 Å². The monoisotopic (exact) mass is 234 g/mol. The summed E-state index contributed by atoms with van der Waals surface area (Å²) >= 11 is 0. The van der Waals surface area contributed by atoms with Crippen LogP contribution in [0.5, 0.6) is 5.75 Å². The minimum absolute atomic E-state index is 0. The van der Waals surface area contributed by atoms with Crippen LogP contribution in [0, 0.1) is 0 Å². The van der Waals surface area contributed by atoms with Crippen molar-refractivity contribution < 1.29 is 14.6 Å². The van der Waals surface area contributed by atoms with Gasteiger partial charge in [0.1, 0.15) is 5.75 Å². The van der Waals surface area contributed by atoms with E-state index in [0.717, 1.165) is 10.8 Å². The molecule has 0 spiro atoms. The van der Waals surface area contributed by atoms with Crippen molar-refractivity contribution in [1.82, 2.24) is 6.15 Å². The maximum absolute atomic E-state index is 10.6. The zero-order valence-corrected chi connectivity index (χ0v) is 9.88. The van der Waals surface area contributed by atoms with Crippen LogP contribution >= 0.6 is 0 Å². The van der Waals surface area contributed by atoms with Gasteiger partial charge in [-0.1, -0.05) is 30.3 Å². The normalized spacial score (nSPS) is 11.6. The molecular formula is C13H16NO3+. The summed E-state index contributed by atoms with van der Waals surface area (Å²) in [6.45, 7) is 1.51. The highest BCUT2D eigenvalue weighted by atomic mass is 16.5. The van der Waals surface area contributed by atoms with Gasteiger partial charge in [-0.05, 0) is 29.8 Å². The minimum Gasteiger partial charge on any atom is -0.479 e. The predicted molar refractivity (Wildman–Crippen MR) is 67.7 cm³/mol. The second-order valence-corrected chi connectivity index (χ2v) is 3.61. The fourth-order valence-corrected chi connectivity index (χ4v) is 1.50. The molecule has 0 aromatic heterocycles. The number of rotatable bonds is 3. The van der Waals surface area contributed by atoms with Gasteiger partial charge in [0.2, 0.25) is 0 Å². The van der Waals surface area contributed by atoms with Crippen molar-refractivity contribution in [2.45, 2.75) is 13.0 Å². The number of carbonyl (C=O) groups is 1. The number of aliphatic carboxylic acids is 1. The zero-order valence-electron chi connectivity index (χ0n) is 9.88. The summed E-state index contributed by atoms with van der Waals surface area (Å²) in [5.41, 5.74) is 0. The predicted octanol–water partition coefficient (Wildman–Crippen LogP) is 3.07. The average Bonchev–Trinajstić information content (AvgIpc) is 2.28. The third kappa shape index (κ3) is 2.95. The summed E-state index contributed by atoms with van der Waals surface area (Å²) in [7, 11) is 0. The van der Waals surface area contributed by atoms with E-state index in [2.05, 4.69) is 0 Å². The van der Waals surface area contributed by atoms with Crippen LogP contribution < -0.4 is 10.9 Å². The van der Waals surface area contributed by atoms with Gasteiger partial charge in [0, 0.05) is 0 Å². The van der Waals surface area contributed by atoms with Gasteiger partial charge in [-0.15, -0.1) is 0 Å². The Kier molecular flexibility index (Phi) is 4.06. The van der Waals surface area contributed by atoms with Crippen LogP contribution in [0.25, 0.3) is 10.8 Å². The number of fused-ring (bicyclic) bond motifs is 1. The first-order valence-corrected chi connectivity index (χ1v) is 5.05. The third-order valence-electron chi connectivity index (χ3n) is 2.38.